The number of carbonyl (C=O) groups is 1. The molecular weight excluding hydrogens is 556 g/mol. The fourth-order valence-corrected chi connectivity index (χ4v) is 5.73. The number of nitrogens with zero attached hydrogens (tertiary/aromatic N) is 1. The topological polar surface area (TPSA) is 135 Å². The Hall–Kier alpha value is -4.12. The molecule has 0 aliphatic heterocycles. The molecule has 0 bridgehead atoms. The lowest BCUT2D eigenvalue weighted by atomic mass is 9.91. The highest BCUT2D eigenvalue weighted by Gasteiger charge is 2.31. The van der Waals surface area contributed by atoms with E-state index >= 15 is 0 Å². The van der Waals surface area contributed by atoms with E-state index in [0.29, 0.717) is 17.3 Å². The van der Waals surface area contributed by atoms with E-state index in [4.69, 9.17) is 9.88 Å². The number of hydrogen-bond donors (Lipinski definition) is 3. The molecule has 0 unspecified atom stereocenters. The van der Waals surface area contributed by atoms with Crippen molar-refractivity contribution < 1.29 is 17.9 Å². The lowest BCUT2D eigenvalue weighted by molar-refractivity contribution is 0.0520. The Balaban J connectivity index is 1.55. The third-order valence-electron chi connectivity index (χ3n) is 6.73. The van der Waals surface area contributed by atoms with Gasteiger partial charge >= 0.3 is 5.97 Å². The van der Waals surface area contributed by atoms with Gasteiger partial charge in [-0.2, -0.15) is 0 Å². The number of rotatable bonds is 11. The summed E-state index contributed by atoms with van der Waals surface area (Å²) in [5, 5.41) is 20.3. The van der Waals surface area contributed by atoms with Crippen molar-refractivity contribution in [3.63, 3.8) is 0 Å². The van der Waals surface area contributed by atoms with Crippen LogP contribution in [0.15, 0.2) is 100 Å². The van der Waals surface area contributed by atoms with Gasteiger partial charge in [-0.1, -0.05) is 60.7 Å². The third-order valence-corrected chi connectivity index (χ3v) is 8.42. The molecule has 8 nitrogen and oxygen atoms in total. The zero-order valence-corrected chi connectivity index (χ0v) is 24.1. The maximum atomic E-state index is 12.2. The van der Waals surface area contributed by atoms with E-state index in [2.05, 4.69) is 10.3 Å². The van der Waals surface area contributed by atoms with Gasteiger partial charge in [0.15, 0.2) is 10.8 Å². The van der Waals surface area contributed by atoms with Crippen molar-refractivity contribution in [2.45, 2.75) is 31.1 Å². The number of anilines is 1. The SMILES string of the molecule is CCOC(=O)c1csc(N/C(=C(/Cc2ccc(S(N)(=O)=O)cc2)C(=N)c2cccc(-c3ccccc3)c2)C2CC2)n1. The summed E-state index contributed by atoms with van der Waals surface area (Å²) in [5.41, 5.74) is 5.90. The first kappa shape index (κ1) is 28.4. The fourth-order valence-electron chi connectivity index (χ4n) is 4.52. The first-order valence-corrected chi connectivity index (χ1v) is 15.6. The standard InChI is InChI=1S/C31H30N4O4S2/c1-2-39-30(36)27-19-40-31(34-27)35-29(22-13-14-22)26(17-20-11-15-25(16-12-20)41(33,37)38)28(32)24-10-6-9-23(18-24)21-7-4-3-5-8-21/h3-12,15-16,18-19,22,32H,2,13-14,17H2,1H3,(H,34,35)(H2,33,37,38)/b29-26-,32-28?. The van der Waals surface area contributed by atoms with Crippen LogP contribution < -0.4 is 10.5 Å². The van der Waals surface area contributed by atoms with Crippen molar-refractivity contribution >= 4 is 38.2 Å². The molecule has 41 heavy (non-hydrogen) atoms. The van der Waals surface area contributed by atoms with E-state index in [-0.39, 0.29) is 23.1 Å². The zero-order chi connectivity index (χ0) is 29.0. The second-order valence-electron chi connectivity index (χ2n) is 9.74. The van der Waals surface area contributed by atoms with Crippen LogP contribution in [-0.4, -0.2) is 31.7 Å². The highest BCUT2D eigenvalue weighted by molar-refractivity contribution is 7.89. The molecule has 10 heteroatoms. The largest absolute Gasteiger partial charge is 0.461 e. The Kier molecular flexibility index (Phi) is 8.44. The van der Waals surface area contributed by atoms with Crippen LogP contribution in [0.1, 0.15) is 41.4 Å². The molecule has 1 aromatic heterocycles. The molecule has 0 radical (unpaired) electrons. The number of aromatic nitrogens is 1. The minimum Gasteiger partial charge on any atom is -0.461 e. The van der Waals surface area contributed by atoms with Crippen LogP contribution >= 0.6 is 11.3 Å². The van der Waals surface area contributed by atoms with Gasteiger partial charge in [0, 0.05) is 28.6 Å². The number of hydrogen-bond acceptors (Lipinski definition) is 8. The number of nitrogens with two attached hydrogens (primary N) is 1. The molecule has 3 aromatic carbocycles. The summed E-state index contributed by atoms with van der Waals surface area (Å²) in [6.45, 7) is 2.01. The van der Waals surface area contributed by atoms with E-state index in [0.717, 1.165) is 46.4 Å². The van der Waals surface area contributed by atoms with E-state index in [9.17, 15) is 18.6 Å². The third kappa shape index (κ3) is 6.97. The van der Waals surface area contributed by atoms with Gasteiger partial charge in [0.05, 0.1) is 17.2 Å². The highest BCUT2D eigenvalue weighted by atomic mass is 32.2. The molecule has 0 spiro atoms. The number of allylic oxidation sites excluding steroid dienone is 2. The second kappa shape index (κ2) is 12.2. The summed E-state index contributed by atoms with van der Waals surface area (Å²) in [6, 6.07) is 24.3. The summed E-state index contributed by atoms with van der Waals surface area (Å²) in [7, 11) is -3.82. The average molecular weight is 587 g/mol. The van der Waals surface area contributed by atoms with E-state index in [1.54, 1.807) is 24.4 Å². The van der Waals surface area contributed by atoms with Crippen molar-refractivity contribution in [1.29, 1.82) is 5.41 Å². The number of benzene rings is 3. The zero-order valence-electron chi connectivity index (χ0n) is 22.5. The van der Waals surface area contributed by atoms with Gasteiger partial charge in [-0.05, 0) is 60.6 Å². The fraction of sp³-hybridized carbons (Fsp3) is 0.194. The van der Waals surface area contributed by atoms with Crippen molar-refractivity contribution in [3.05, 3.63) is 112 Å². The number of carbonyl (C=O) groups excluding carboxylic acids is 1. The van der Waals surface area contributed by atoms with Gasteiger partial charge in [0.1, 0.15) is 0 Å². The van der Waals surface area contributed by atoms with Crippen LogP contribution in [0, 0.1) is 11.3 Å². The first-order chi connectivity index (χ1) is 19.7. The summed E-state index contributed by atoms with van der Waals surface area (Å²) >= 11 is 1.30. The van der Waals surface area contributed by atoms with Crippen molar-refractivity contribution in [3.8, 4) is 11.1 Å². The monoisotopic (exact) mass is 586 g/mol. The van der Waals surface area contributed by atoms with Crippen LogP contribution in [0.4, 0.5) is 5.13 Å². The maximum absolute atomic E-state index is 12.2. The van der Waals surface area contributed by atoms with Gasteiger partial charge < -0.3 is 10.1 Å². The first-order valence-electron chi connectivity index (χ1n) is 13.2. The molecule has 210 valence electrons. The predicted molar refractivity (Wildman–Crippen MR) is 162 cm³/mol. The smallest absolute Gasteiger partial charge is 0.357 e. The number of thiazole rings is 1. The molecule has 1 fully saturated rings. The molecule has 0 amide bonds. The Bertz CT molecular complexity index is 1710. The molecule has 0 atom stereocenters. The van der Waals surface area contributed by atoms with Crippen molar-refractivity contribution in [1.82, 2.24) is 4.98 Å². The number of nitrogens with one attached hydrogen (secondary N) is 2. The summed E-state index contributed by atoms with van der Waals surface area (Å²) in [4.78, 5) is 16.7. The molecule has 5 rings (SSSR count). The van der Waals surface area contributed by atoms with E-state index in [1.165, 1.54) is 23.5 Å². The van der Waals surface area contributed by atoms with Crippen LogP contribution in [0.25, 0.3) is 11.1 Å². The van der Waals surface area contributed by atoms with Gasteiger partial charge in [-0.25, -0.2) is 23.3 Å². The van der Waals surface area contributed by atoms with Crippen molar-refractivity contribution in [2.24, 2.45) is 11.1 Å². The summed E-state index contributed by atoms with van der Waals surface area (Å²) in [6.07, 6.45) is 2.31. The molecular formula is C31H30N4O4S2. The second-order valence-corrected chi connectivity index (χ2v) is 12.2. The van der Waals surface area contributed by atoms with E-state index in [1.807, 2.05) is 54.6 Å². The Morgan fingerprint density at radius 1 is 1.05 bits per heavy atom. The minimum atomic E-state index is -3.82. The number of primary sulfonamides is 1. The minimum absolute atomic E-state index is 0.0345. The maximum Gasteiger partial charge on any atom is 0.357 e. The van der Waals surface area contributed by atoms with Crippen molar-refractivity contribution in [2.75, 3.05) is 11.9 Å². The molecule has 0 saturated heterocycles. The summed E-state index contributed by atoms with van der Waals surface area (Å²) < 4.78 is 28.7. The van der Waals surface area contributed by atoms with Gasteiger partial charge in [-0.3, -0.25) is 5.41 Å². The van der Waals surface area contributed by atoms with Gasteiger partial charge in [0.2, 0.25) is 10.0 Å². The van der Waals surface area contributed by atoms with E-state index < -0.39 is 16.0 Å². The Morgan fingerprint density at radius 3 is 2.41 bits per heavy atom. The lowest BCUT2D eigenvalue weighted by Gasteiger charge is -2.18. The van der Waals surface area contributed by atoms with Crippen LogP contribution in [0.3, 0.4) is 0 Å². The van der Waals surface area contributed by atoms with Gasteiger partial charge in [-0.15, -0.1) is 11.3 Å². The summed E-state index contributed by atoms with van der Waals surface area (Å²) in [5.74, 6) is -0.268. The van der Waals surface area contributed by atoms with Crippen LogP contribution in [-0.2, 0) is 21.2 Å². The Morgan fingerprint density at radius 2 is 1.76 bits per heavy atom. The highest BCUT2D eigenvalue weighted by Crippen LogP contribution is 2.40. The molecule has 1 aliphatic carbocycles. The Labute approximate surface area is 243 Å². The number of ether oxygens (including phenoxy) is 1. The van der Waals surface area contributed by atoms with Gasteiger partial charge in [0.25, 0.3) is 0 Å². The number of esters is 1. The lowest BCUT2D eigenvalue weighted by Crippen LogP contribution is -2.16. The quantitative estimate of drug-likeness (QED) is 0.145. The molecule has 4 aromatic rings. The molecule has 4 N–H and O–H groups in total. The number of sulfonamides is 1. The molecule has 1 saturated carbocycles. The van der Waals surface area contributed by atoms with Crippen LogP contribution in [0.5, 0.6) is 0 Å². The molecule has 1 heterocycles. The predicted octanol–water partition coefficient (Wildman–Crippen LogP) is 6.02. The van der Waals surface area contributed by atoms with Crippen LogP contribution in [0.2, 0.25) is 0 Å². The molecule has 1 aliphatic rings. The average Bonchev–Trinajstić information content (AvgIpc) is 3.72. The normalized spacial score (nSPS) is 13.8.